The van der Waals surface area contributed by atoms with Gasteiger partial charge in [-0.25, -0.2) is 4.79 Å². The molecule has 0 radical (unpaired) electrons. The van der Waals surface area contributed by atoms with Crippen molar-refractivity contribution >= 4 is 51.3 Å². The van der Waals surface area contributed by atoms with Crippen molar-refractivity contribution in [3.8, 4) is 12.1 Å². The molecule has 0 bridgehead atoms. The first kappa shape index (κ1) is 31.6. The van der Waals surface area contributed by atoms with E-state index in [9.17, 15) is 25.2 Å². The molecule has 1 aromatic heterocycles. The van der Waals surface area contributed by atoms with Crippen molar-refractivity contribution in [3.05, 3.63) is 72.9 Å². The molecule has 0 unspecified atom stereocenters. The van der Waals surface area contributed by atoms with Gasteiger partial charge in [0.05, 0.1) is 22.2 Å². The van der Waals surface area contributed by atoms with E-state index in [1.54, 1.807) is 6.07 Å². The summed E-state index contributed by atoms with van der Waals surface area (Å²) < 4.78 is 5.07. The van der Waals surface area contributed by atoms with Crippen LogP contribution in [-0.4, -0.2) is 18.4 Å². The zero-order valence-corrected chi connectivity index (χ0v) is 26.1. The van der Waals surface area contributed by atoms with Gasteiger partial charge in [0.1, 0.15) is 22.7 Å². The average Bonchev–Trinajstić information content (AvgIpc) is 3.21. The number of halogens is 2. The van der Waals surface area contributed by atoms with Crippen molar-refractivity contribution in [1.29, 1.82) is 10.5 Å². The number of aryl methyl sites for hydroxylation is 1. The Bertz CT molecular complexity index is 1350. The Kier molecular flexibility index (Phi) is 12.3. The van der Waals surface area contributed by atoms with Crippen LogP contribution in [0.25, 0.3) is 0 Å². The minimum absolute atomic E-state index is 0. The molecule has 186 valence electrons. The first-order chi connectivity index (χ1) is 17.2. The molecule has 1 aliphatic carbocycles. The summed E-state index contributed by atoms with van der Waals surface area (Å²) in [6, 6.07) is 8.00. The Morgan fingerprint density at radius 1 is 1.22 bits per heavy atom. The van der Waals surface area contributed by atoms with Gasteiger partial charge in [0, 0.05) is 22.2 Å². The third-order valence-corrected chi connectivity index (χ3v) is 7.29. The van der Waals surface area contributed by atoms with Crippen LogP contribution in [0.2, 0.25) is 10.0 Å². The quantitative estimate of drug-likeness (QED) is 0.0963. The number of esters is 1. The summed E-state index contributed by atoms with van der Waals surface area (Å²) in [5.41, 5.74) is 0.328. The molecule has 0 saturated carbocycles. The molecule has 0 amide bonds. The third-order valence-electron chi connectivity index (χ3n) is 5.35. The number of allylic oxidation sites excluding steroid dienone is 1. The molecule has 37 heavy (non-hydrogen) atoms. The van der Waals surface area contributed by atoms with Gasteiger partial charge in [-0.1, -0.05) is 42.8 Å². The maximum absolute atomic E-state index is 13.3. The first-order valence-corrected chi connectivity index (χ1v) is 12.7. The number of hydrogen-bond donors (Lipinski definition) is 1. The number of ketones is 1. The number of ether oxygens (including phenoxy) is 1. The number of nitriles is 2. The van der Waals surface area contributed by atoms with Gasteiger partial charge in [0.2, 0.25) is 0 Å². The van der Waals surface area contributed by atoms with Gasteiger partial charge in [-0.3, -0.25) is 4.79 Å². The number of nitrogens with zero attached hydrogens (tertiary/aromatic N) is 2. The summed E-state index contributed by atoms with van der Waals surface area (Å²) in [7, 11) is 0. The number of carbonyl (C=O) groups is 2. The predicted molar refractivity (Wildman–Crippen MR) is 137 cm³/mol. The number of carbonyl (C=O) groups excluding carboxylic acids is 2. The molecule has 0 fully saturated rings. The van der Waals surface area contributed by atoms with Crippen LogP contribution < -0.4 is 61.8 Å². The van der Waals surface area contributed by atoms with Crippen molar-refractivity contribution in [3.63, 3.8) is 0 Å². The van der Waals surface area contributed by atoms with Crippen LogP contribution in [0.4, 0.5) is 5.00 Å². The number of fused-ring (bicyclic) bond motifs is 1. The van der Waals surface area contributed by atoms with Crippen LogP contribution in [0.3, 0.4) is 0 Å². The summed E-state index contributed by atoms with van der Waals surface area (Å²) in [6.07, 6.45) is 4.47. The van der Waals surface area contributed by atoms with Gasteiger partial charge in [-0.05, 0) is 55.4 Å². The number of anilines is 1. The number of rotatable bonds is 8. The molecular weight excluding hydrogens is 560 g/mol. The molecule has 1 aliphatic rings. The van der Waals surface area contributed by atoms with Crippen molar-refractivity contribution in [2.45, 2.75) is 39.5 Å². The minimum atomic E-state index is -1.09. The molecular formula is C26H22Cl2KN3O4S. The van der Waals surface area contributed by atoms with Crippen molar-refractivity contribution in [2.24, 2.45) is 5.92 Å². The van der Waals surface area contributed by atoms with E-state index in [2.05, 4.69) is 11.4 Å². The van der Waals surface area contributed by atoms with Crippen LogP contribution in [0.5, 0.6) is 0 Å². The molecule has 0 aliphatic heterocycles. The summed E-state index contributed by atoms with van der Waals surface area (Å²) in [5.74, 6) is -2.73. The summed E-state index contributed by atoms with van der Waals surface area (Å²) in [6.45, 7) is 3.64. The molecule has 11 heteroatoms. The van der Waals surface area contributed by atoms with Crippen LogP contribution in [-0.2, 0) is 22.4 Å². The minimum Gasteiger partial charge on any atom is -0.870 e. The van der Waals surface area contributed by atoms with Crippen LogP contribution in [0, 0.1) is 28.6 Å². The molecule has 1 heterocycles. The van der Waals surface area contributed by atoms with Gasteiger partial charge in [0.15, 0.2) is 5.78 Å². The molecule has 3 rings (SSSR count). The van der Waals surface area contributed by atoms with E-state index in [1.165, 1.54) is 29.5 Å². The fraction of sp³-hybridized carbons (Fsp3) is 0.308. The monoisotopic (exact) mass is 581 g/mol. The van der Waals surface area contributed by atoms with E-state index in [-0.39, 0.29) is 85.2 Å². The van der Waals surface area contributed by atoms with E-state index < -0.39 is 23.1 Å². The maximum Gasteiger partial charge on any atom is 1.00 e. The normalized spacial score (nSPS) is 13.4. The summed E-state index contributed by atoms with van der Waals surface area (Å²) in [4.78, 5) is 26.5. The standard InChI is InChI=1S/C26H23Cl2N3O4S.K/c1-14(2)13-35-26(34)18(12-30)24(33)21(10-22(32)15-7-8-19(27)20(28)9-15)31-25-17(11-29)16-5-3-4-6-23(16)36-25;/h7-10,14,31,33H,3-6,13H2,1-2H3;/q;+1/p-1. The van der Waals surface area contributed by atoms with Crippen molar-refractivity contribution < 1.29 is 70.8 Å². The molecule has 1 N–H and O–H groups in total. The molecule has 0 atom stereocenters. The van der Waals surface area contributed by atoms with E-state index in [0.29, 0.717) is 10.6 Å². The Morgan fingerprint density at radius 2 is 1.92 bits per heavy atom. The second kappa shape index (κ2) is 14.5. The Labute approximate surface area is 272 Å². The van der Waals surface area contributed by atoms with Gasteiger partial charge < -0.3 is 15.2 Å². The molecule has 0 spiro atoms. The second-order valence-corrected chi connectivity index (χ2v) is 10.4. The average molecular weight is 583 g/mol. The predicted octanol–water partition coefficient (Wildman–Crippen LogP) is 2.33. The van der Waals surface area contributed by atoms with E-state index >= 15 is 0 Å². The molecule has 0 saturated heterocycles. The SMILES string of the molecule is CC(C)COC(=O)C(C#N)=C([O-])C(=CC(=O)c1ccc(Cl)c(Cl)c1)Nc1sc2c(c1C#N)CCCC2.[K+]. The topological polar surface area (TPSA) is 126 Å². The second-order valence-electron chi connectivity index (χ2n) is 8.51. The first-order valence-electron chi connectivity index (χ1n) is 11.2. The van der Waals surface area contributed by atoms with Gasteiger partial charge in [-0.2, -0.15) is 10.5 Å². The number of nitrogens with one attached hydrogen (secondary N) is 1. The van der Waals surface area contributed by atoms with Crippen LogP contribution in [0.1, 0.15) is 53.1 Å². The Balaban J connectivity index is 0.00000481. The number of benzene rings is 1. The van der Waals surface area contributed by atoms with Crippen molar-refractivity contribution in [2.75, 3.05) is 11.9 Å². The third kappa shape index (κ3) is 7.92. The van der Waals surface area contributed by atoms with Gasteiger partial charge in [0.25, 0.3) is 0 Å². The number of thiophene rings is 1. The van der Waals surface area contributed by atoms with E-state index in [1.807, 2.05) is 13.8 Å². The molecule has 1 aromatic carbocycles. The van der Waals surface area contributed by atoms with Crippen LogP contribution >= 0.6 is 34.5 Å². The van der Waals surface area contributed by atoms with E-state index in [4.69, 9.17) is 27.9 Å². The molecule has 2 aromatic rings. The Morgan fingerprint density at radius 3 is 2.54 bits per heavy atom. The zero-order valence-electron chi connectivity index (χ0n) is 20.6. The fourth-order valence-electron chi connectivity index (χ4n) is 3.56. The number of hydrogen-bond acceptors (Lipinski definition) is 8. The summed E-state index contributed by atoms with van der Waals surface area (Å²) >= 11 is 13.3. The largest absolute Gasteiger partial charge is 1.00 e. The molecule has 7 nitrogen and oxygen atoms in total. The smallest absolute Gasteiger partial charge is 0.870 e. The van der Waals surface area contributed by atoms with Gasteiger partial charge in [-0.15, -0.1) is 11.3 Å². The van der Waals surface area contributed by atoms with Crippen molar-refractivity contribution in [1.82, 2.24) is 0 Å². The zero-order chi connectivity index (χ0) is 26.4. The van der Waals surface area contributed by atoms with E-state index in [0.717, 1.165) is 42.2 Å². The van der Waals surface area contributed by atoms with Crippen LogP contribution in [0.15, 0.2) is 41.3 Å². The van der Waals surface area contributed by atoms with Gasteiger partial charge >= 0.3 is 57.4 Å². The maximum atomic E-state index is 13.3. The fourth-order valence-corrected chi connectivity index (χ4v) is 5.11. The summed E-state index contributed by atoms with van der Waals surface area (Å²) in [5, 5.41) is 36.3. The Hall–Kier alpha value is -1.66.